The summed E-state index contributed by atoms with van der Waals surface area (Å²) in [6.45, 7) is 13.1. The van der Waals surface area contributed by atoms with E-state index >= 15 is 0 Å². The summed E-state index contributed by atoms with van der Waals surface area (Å²) in [6.07, 6.45) is 2.44. The highest BCUT2D eigenvalue weighted by Crippen LogP contribution is 2.42. The normalized spacial score (nSPS) is 16.3. The van der Waals surface area contributed by atoms with E-state index in [-0.39, 0.29) is 0 Å². The van der Waals surface area contributed by atoms with Crippen LogP contribution in [0.3, 0.4) is 0 Å². The second-order valence-electron chi connectivity index (χ2n) is 13.1. The molecule has 0 aliphatic carbocycles. The molecule has 0 amide bonds. The molecule has 280 valence electrons. The number of alkyl halides is 3. The van der Waals surface area contributed by atoms with Crippen LogP contribution in [0.1, 0.15) is 18.4 Å². The molecular weight excluding hydrogens is 782 g/mol. The molecule has 2 aliphatic rings. The number of benzene rings is 2. The van der Waals surface area contributed by atoms with Crippen molar-refractivity contribution in [1.29, 1.82) is 0 Å². The number of carbonyl (C=O) groups is 1. The Morgan fingerprint density at radius 2 is 1.67 bits per heavy atom. The molecule has 4 aromatic rings. The van der Waals surface area contributed by atoms with E-state index in [1.165, 1.54) is 37.2 Å². The smallest absolute Gasteiger partial charge is 0.490 e. The number of methoxy groups -OCH3 is 1. The third-order valence-electron chi connectivity index (χ3n) is 9.02. The van der Waals surface area contributed by atoms with Crippen LogP contribution in [0.4, 0.5) is 42.0 Å². The number of anilines is 5. The average Bonchev–Trinajstić information content (AvgIpc) is 3.09. The minimum atomic E-state index is -5.08. The standard InChI is InChI=1S/C32H41BrN9OPS.C2HF3O2/c1-21-18-26(28(43-3)19-27(21)42-12-8-22(9-13-42)41-16-14-40(2)15-17-41)38-32-36-20-23(33)31(39-32)37-25-7-6-24-29(35-11-10-34-24)30(25)44(4,5)45;3-2(4,5)1(6)7/h6-7,10-11,18-20,22H,8-9,12-17H2,1-5H3,(H2,36,37,38,39);(H,6,7). The lowest BCUT2D eigenvalue weighted by Gasteiger charge is -2.43. The van der Waals surface area contributed by atoms with Gasteiger partial charge in [-0.05, 0) is 85.9 Å². The minimum Gasteiger partial charge on any atom is -0.494 e. The lowest BCUT2D eigenvalue weighted by atomic mass is 10.0. The zero-order valence-electron chi connectivity index (χ0n) is 29.5. The Bertz CT molecular complexity index is 1950. The molecule has 12 nitrogen and oxygen atoms in total. The highest BCUT2D eigenvalue weighted by Gasteiger charge is 2.38. The van der Waals surface area contributed by atoms with E-state index in [0.717, 1.165) is 64.1 Å². The van der Waals surface area contributed by atoms with Gasteiger partial charge in [-0.1, -0.05) is 11.8 Å². The van der Waals surface area contributed by atoms with Gasteiger partial charge >= 0.3 is 12.1 Å². The van der Waals surface area contributed by atoms with Gasteiger partial charge in [-0.15, -0.1) is 0 Å². The van der Waals surface area contributed by atoms with Gasteiger partial charge in [-0.3, -0.25) is 14.9 Å². The van der Waals surface area contributed by atoms with E-state index in [1.54, 1.807) is 25.7 Å². The maximum Gasteiger partial charge on any atom is 0.490 e. The van der Waals surface area contributed by atoms with Crippen LogP contribution in [0.25, 0.3) is 11.0 Å². The van der Waals surface area contributed by atoms with Crippen molar-refractivity contribution in [3.63, 3.8) is 0 Å². The van der Waals surface area contributed by atoms with Crippen LogP contribution in [-0.2, 0) is 16.6 Å². The Balaban J connectivity index is 0.000000679. The lowest BCUT2D eigenvalue weighted by Crippen LogP contribution is -2.52. The molecule has 18 heteroatoms. The minimum absolute atomic E-state index is 0.453. The summed E-state index contributed by atoms with van der Waals surface area (Å²) >= 11 is 9.62. The van der Waals surface area contributed by atoms with Crippen molar-refractivity contribution in [2.45, 2.75) is 32.0 Å². The van der Waals surface area contributed by atoms with Crippen LogP contribution in [0.15, 0.2) is 47.3 Å². The highest BCUT2D eigenvalue weighted by atomic mass is 79.9. The van der Waals surface area contributed by atoms with Crippen molar-refractivity contribution in [1.82, 2.24) is 29.7 Å². The van der Waals surface area contributed by atoms with E-state index in [9.17, 15) is 13.2 Å². The lowest BCUT2D eigenvalue weighted by molar-refractivity contribution is -0.192. The second kappa shape index (κ2) is 16.6. The molecule has 0 spiro atoms. The largest absolute Gasteiger partial charge is 0.494 e. The number of piperazine rings is 1. The molecule has 4 heterocycles. The first-order chi connectivity index (χ1) is 24.5. The maximum absolute atomic E-state index is 10.6. The molecule has 0 unspecified atom stereocenters. The van der Waals surface area contributed by atoms with Crippen molar-refractivity contribution in [2.75, 3.05) is 82.3 Å². The van der Waals surface area contributed by atoms with Crippen LogP contribution in [-0.4, -0.2) is 120 Å². The number of aromatic nitrogens is 4. The number of rotatable bonds is 8. The van der Waals surface area contributed by atoms with Crippen LogP contribution in [0.2, 0.25) is 0 Å². The number of hydrogen-bond acceptors (Lipinski definition) is 12. The van der Waals surface area contributed by atoms with Gasteiger partial charge in [0, 0.05) is 81.0 Å². The van der Waals surface area contributed by atoms with E-state index in [1.807, 2.05) is 12.1 Å². The molecule has 6 rings (SSSR count). The number of likely N-dealkylation sites (N-methyl/N-ethyl adjacent to an activating group) is 1. The average molecular weight is 825 g/mol. The fourth-order valence-electron chi connectivity index (χ4n) is 6.37. The number of halogens is 4. The molecule has 2 aliphatic heterocycles. The number of hydrogen-bond donors (Lipinski definition) is 3. The summed E-state index contributed by atoms with van der Waals surface area (Å²) in [6, 6.07) is 7.01. The first-order valence-corrected chi connectivity index (χ1v) is 21.1. The third kappa shape index (κ3) is 9.67. The molecule has 0 bridgehead atoms. The number of carboxylic acids is 1. The molecule has 2 aromatic heterocycles. The zero-order chi connectivity index (χ0) is 37.8. The van der Waals surface area contributed by atoms with E-state index < -0.39 is 18.2 Å². The highest BCUT2D eigenvalue weighted by molar-refractivity contribution is 9.10. The number of piperidine rings is 1. The number of fused-ring (bicyclic) bond motifs is 1. The van der Waals surface area contributed by atoms with Crippen molar-refractivity contribution in [3.05, 3.63) is 52.9 Å². The molecule has 2 fully saturated rings. The number of aliphatic carboxylic acids is 1. The van der Waals surface area contributed by atoms with Crippen molar-refractivity contribution >= 4 is 84.9 Å². The topological polar surface area (TPSA) is 132 Å². The Hall–Kier alpha value is -3.63. The van der Waals surface area contributed by atoms with Gasteiger partial charge in [0.25, 0.3) is 0 Å². The molecule has 0 saturated carbocycles. The van der Waals surface area contributed by atoms with Gasteiger partial charge in [-0.25, -0.2) is 9.78 Å². The molecule has 2 saturated heterocycles. The molecule has 0 atom stereocenters. The predicted octanol–water partition coefficient (Wildman–Crippen LogP) is 6.20. The molecule has 3 N–H and O–H groups in total. The van der Waals surface area contributed by atoms with Crippen LogP contribution < -0.4 is 25.6 Å². The van der Waals surface area contributed by atoms with Gasteiger partial charge < -0.3 is 30.3 Å². The van der Waals surface area contributed by atoms with Gasteiger partial charge in [0.1, 0.15) is 11.6 Å². The van der Waals surface area contributed by atoms with Crippen LogP contribution >= 0.6 is 22.0 Å². The van der Waals surface area contributed by atoms with Gasteiger partial charge in [0.05, 0.1) is 34.0 Å². The number of aryl methyl sites for hydroxylation is 1. The quantitative estimate of drug-likeness (QED) is 0.175. The van der Waals surface area contributed by atoms with Crippen LogP contribution in [0.5, 0.6) is 5.75 Å². The van der Waals surface area contributed by atoms with Crippen molar-refractivity contribution in [3.8, 4) is 5.75 Å². The summed E-state index contributed by atoms with van der Waals surface area (Å²) < 4.78 is 38.3. The number of nitrogens with zero attached hydrogens (tertiary/aromatic N) is 7. The van der Waals surface area contributed by atoms with E-state index in [2.05, 4.69) is 95.6 Å². The van der Waals surface area contributed by atoms with Crippen molar-refractivity contribution in [2.24, 2.45) is 0 Å². The van der Waals surface area contributed by atoms with Gasteiger partial charge in [0.15, 0.2) is 0 Å². The Labute approximate surface area is 314 Å². The Kier molecular flexibility index (Phi) is 12.6. The Morgan fingerprint density at radius 3 is 2.29 bits per heavy atom. The van der Waals surface area contributed by atoms with Crippen molar-refractivity contribution < 1.29 is 27.8 Å². The fourth-order valence-corrected chi connectivity index (χ4v) is 8.61. The zero-order valence-corrected chi connectivity index (χ0v) is 32.8. The summed E-state index contributed by atoms with van der Waals surface area (Å²) in [5, 5.41) is 15.0. The first-order valence-electron chi connectivity index (χ1n) is 16.6. The monoisotopic (exact) mass is 823 g/mol. The van der Waals surface area contributed by atoms with E-state index in [0.29, 0.717) is 17.8 Å². The summed E-state index contributed by atoms with van der Waals surface area (Å²) in [4.78, 5) is 35.0. The summed E-state index contributed by atoms with van der Waals surface area (Å²) in [5.74, 6) is -0.928. The molecule has 2 aromatic carbocycles. The second-order valence-corrected chi connectivity index (χ2v) is 19.8. The summed E-state index contributed by atoms with van der Waals surface area (Å²) in [7, 11) is 3.92. The van der Waals surface area contributed by atoms with Gasteiger partial charge in [0.2, 0.25) is 5.95 Å². The molecular formula is C34H42BrF3N9O3PS. The van der Waals surface area contributed by atoms with E-state index in [4.69, 9.17) is 31.4 Å². The predicted molar refractivity (Wildman–Crippen MR) is 207 cm³/mol. The van der Waals surface area contributed by atoms with Gasteiger partial charge in [-0.2, -0.15) is 18.2 Å². The van der Waals surface area contributed by atoms with Crippen LogP contribution in [0, 0.1) is 6.92 Å². The SMILES string of the molecule is COc1cc(N2CCC(N3CCN(C)CC3)CC2)c(C)cc1Nc1ncc(Br)c(Nc2ccc3nccnc3c2P(C)(C)=S)n1.O=C(O)C(F)(F)F. The summed E-state index contributed by atoms with van der Waals surface area (Å²) in [5.41, 5.74) is 5.74. The number of ether oxygens (including phenoxy) is 1. The first kappa shape index (κ1) is 39.6. The number of nitrogens with one attached hydrogen (secondary N) is 2. The third-order valence-corrected chi connectivity index (χ3v) is 11.7. The Morgan fingerprint density at radius 1 is 1.02 bits per heavy atom. The maximum atomic E-state index is 10.6. The fraction of sp³-hybridized carbons (Fsp3) is 0.441. The molecule has 0 radical (unpaired) electrons. The number of carboxylic acid groups (broad SMARTS) is 1. The molecule has 52 heavy (non-hydrogen) atoms.